The van der Waals surface area contributed by atoms with Crippen LogP contribution >= 0.6 is 0 Å². The molecule has 1 N–H and O–H groups in total. The molecule has 0 radical (unpaired) electrons. The lowest BCUT2D eigenvalue weighted by molar-refractivity contribution is -0.0358. The molecule has 0 aliphatic carbocycles. The third-order valence-corrected chi connectivity index (χ3v) is 5.22. The van der Waals surface area contributed by atoms with Crippen LogP contribution in [0.4, 0.5) is 8.78 Å². The summed E-state index contributed by atoms with van der Waals surface area (Å²) < 4.78 is 31.9. The molecule has 0 atom stereocenters. The van der Waals surface area contributed by atoms with Gasteiger partial charge in [0.1, 0.15) is 0 Å². The normalized spacial score (nSPS) is 22.2. The Morgan fingerprint density at radius 1 is 1.04 bits per heavy atom. The monoisotopic (exact) mass is 324 g/mol. The molecule has 23 heavy (non-hydrogen) atoms. The van der Waals surface area contributed by atoms with Gasteiger partial charge in [0.05, 0.1) is 0 Å². The number of likely N-dealkylation sites (tertiary alicyclic amines) is 1. The zero-order chi connectivity index (χ0) is 16.1. The number of ether oxygens (including phenoxy) is 1. The quantitative estimate of drug-likeness (QED) is 0.901. The maximum absolute atomic E-state index is 13.3. The standard InChI is InChI=1S/C18H26F2N2O/c19-16-5-4-15(12-17(16)20)13-21-14-18(6-10-23-11-7-18)22-8-2-1-3-9-22/h4-5,12,21H,1-3,6-11,13-14H2. The van der Waals surface area contributed by atoms with E-state index >= 15 is 0 Å². The molecule has 0 spiro atoms. The summed E-state index contributed by atoms with van der Waals surface area (Å²) in [7, 11) is 0. The Hall–Kier alpha value is -1.04. The van der Waals surface area contributed by atoms with Crippen molar-refractivity contribution in [1.82, 2.24) is 10.2 Å². The molecule has 1 aromatic rings. The number of piperidine rings is 1. The molecule has 0 amide bonds. The van der Waals surface area contributed by atoms with Gasteiger partial charge in [0.2, 0.25) is 0 Å². The topological polar surface area (TPSA) is 24.5 Å². The fraction of sp³-hybridized carbons (Fsp3) is 0.667. The summed E-state index contributed by atoms with van der Waals surface area (Å²) in [5.41, 5.74) is 0.932. The minimum atomic E-state index is -0.789. The van der Waals surface area contributed by atoms with Crippen LogP contribution in [0.5, 0.6) is 0 Å². The van der Waals surface area contributed by atoms with Gasteiger partial charge in [0, 0.05) is 31.8 Å². The van der Waals surface area contributed by atoms with E-state index in [-0.39, 0.29) is 5.54 Å². The summed E-state index contributed by atoms with van der Waals surface area (Å²) in [5.74, 6) is -1.57. The van der Waals surface area contributed by atoms with Crippen molar-refractivity contribution in [1.29, 1.82) is 0 Å². The first-order valence-corrected chi connectivity index (χ1v) is 8.67. The van der Waals surface area contributed by atoms with Gasteiger partial charge in [0.25, 0.3) is 0 Å². The van der Waals surface area contributed by atoms with Crippen LogP contribution in [0.15, 0.2) is 18.2 Å². The summed E-state index contributed by atoms with van der Waals surface area (Å²) in [6, 6.07) is 4.12. The molecule has 5 heteroatoms. The second kappa shape index (κ2) is 7.69. The predicted molar refractivity (Wildman–Crippen MR) is 86.3 cm³/mol. The fourth-order valence-corrected chi connectivity index (χ4v) is 3.81. The average molecular weight is 324 g/mol. The number of hydrogen-bond acceptors (Lipinski definition) is 3. The van der Waals surface area contributed by atoms with Crippen molar-refractivity contribution in [2.24, 2.45) is 0 Å². The first kappa shape index (κ1) is 16.8. The third-order valence-electron chi connectivity index (χ3n) is 5.22. The number of hydrogen-bond donors (Lipinski definition) is 1. The van der Waals surface area contributed by atoms with Gasteiger partial charge in [0.15, 0.2) is 11.6 Å². The highest BCUT2D eigenvalue weighted by Crippen LogP contribution is 2.30. The largest absolute Gasteiger partial charge is 0.381 e. The van der Waals surface area contributed by atoms with Crippen LogP contribution in [0.2, 0.25) is 0 Å². The summed E-state index contributed by atoms with van der Waals surface area (Å²) in [4.78, 5) is 2.62. The molecule has 2 aliphatic rings. The smallest absolute Gasteiger partial charge is 0.159 e. The van der Waals surface area contributed by atoms with Gasteiger partial charge in [-0.15, -0.1) is 0 Å². The summed E-state index contributed by atoms with van der Waals surface area (Å²) in [6.45, 7) is 5.37. The zero-order valence-electron chi connectivity index (χ0n) is 13.6. The zero-order valence-corrected chi connectivity index (χ0v) is 13.6. The number of nitrogens with zero attached hydrogens (tertiary/aromatic N) is 1. The van der Waals surface area contributed by atoms with Crippen molar-refractivity contribution < 1.29 is 13.5 Å². The van der Waals surface area contributed by atoms with Crippen LogP contribution in [0.1, 0.15) is 37.7 Å². The Kier molecular flexibility index (Phi) is 5.62. The molecule has 128 valence electrons. The van der Waals surface area contributed by atoms with Crippen molar-refractivity contribution in [3.8, 4) is 0 Å². The SMILES string of the molecule is Fc1ccc(CNCC2(N3CCCCC3)CCOCC2)cc1F. The van der Waals surface area contributed by atoms with E-state index in [1.807, 2.05) is 0 Å². The second-order valence-corrected chi connectivity index (χ2v) is 6.74. The van der Waals surface area contributed by atoms with E-state index in [4.69, 9.17) is 4.74 Å². The maximum atomic E-state index is 13.3. The first-order chi connectivity index (χ1) is 11.2. The molecule has 0 aromatic heterocycles. The van der Waals surface area contributed by atoms with Gasteiger partial charge < -0.3 is 10.1 Å². The van der Waals surface area contributed by atoms with Gasteiger partial charge in [-0.1, -0.05) is 12.5 Å². The fourth-order valence-electron chi connectivity index (χ4n) is 3.81. The van der Waals surface area contributed by atoms with Crippen LogP contribution < -0.4 is 5.32 Å². The van der Waals surface area contributed by atoms with Crippen molar-refractivity contribution in [2.75, 3.05) is 32.8 Å². The van der Waals surface area contributed by atoms with Crippen LogP contribution in [0, 0.1) is 11.6 Å². The van der Waals surface area contributed by atoms with E-state index in [9.17, 15) is 8.78 Å². The van der Waals surface area contributed by atoms with Gasteiger partial charge in [-0.05, 0) is 56.5 Å². The summed E-state index contributed by atoms with van der Waals surface area (Å²) in [5, 5.41) is 3.47. The van der Waals surface area contributed by atoms with Crippen LogP contribution in [-0.4, -0.2) is 43.3 Å². The van der Waals surface area contributed by atoms with E-state index in [0.717, 1.165) is 51.3 Å². The molecule has 3 rings (SSSR count). The van der Waals surface area contributed by atoms with E-state index in [1.54, 1.807) is 6.07 Å². The van der Waals surface area contributed by atoms with Crippen molar-refractivity contribution in [3.63, 3.8) is 0 Å². The summed E-state index contributed by atoms with van der Waals surface area (Å²) >= 11 is 0. The number of nitrogens with one attached hydrogen (secondary N) is 1. The molecule has 2 aliphatic heterocycles. The second-order valence-electron chi connectivity index (χ2n) is 6.74. The van der Waals surface area contributed by atoms with E-state index in [1.165, 1.54) is 31.4 Å². The predicted octanol–water partition coefficient (Wildman–Crippen LogP) is 3.09. The van der Waals surface area contributed by atoms with Crippen molar-refractivity contribution >= 4 is 0 Å². The van der Waals surface area contributed by atoms with E-state index < -0.39 is 11.6 Å². The van der Waals surface area contributed by atoms with Crippen LogP contribution in [0.3, 0.4) is 0 Å². The van der Waals surface area contributed by atoms with Crippen molar-refractivity contribution in [2.45, 2.75) is 44.2 Å². The minimum absolute atomic E-state index is 0.150. The molecule has 0 unspecified atom stereocenters. The van der Waals surface area contributed by atoms with E-state index in [2.05, 4.69) is 10.2 Å². The molecular formula is C18H26F2N2O. The Balaban J connectivity index is 1.60. The van der Waals surface area contributed by atoms with Crippen molar-refractivity contribution in [3.05, 3.63) is 35.4 Å². The Morgan fingerprint density at radius 3 is 2.48 bits per heavy atom. The Morgan fingerprint density at radius 2 is 1.78 bits per heavy atom. The Bertz CT molecular complexity index is 512. The molecule has 0 saturated carbocycles. The lowest BCUT2D eigenvalue weighted by atomic mass is 9.86. The molecule has 3 nitrogen and oxygen atoms in total. The molecule has 0 bridgehead atoms. The number of halogens is 2. The van der Waals surface area contributed by atoms with Gasteiger partial charge >= 0.3 is 0 Å². The third kappa shape index (κ3) is 4.08. The van der Waals surface area contributed by atoms with E-state index in [0.29, 0.717) is 6.54 Å². The Labute approximate surface area is 137 Å². The lowest BCUT2D eigenvalue weighted by Gasteiger charge is -2.48. The van der Waals surface area contributed by atoms with Gasteiger partial charge in [-0.3, -0.25) is 4.90 Å². The number of benzene rings is 1. The lowest BCUT2D eigenvalue weighted by Crippen LogP contribution is -2.59. The number of rotatable bonds is 5. The van der Waals surface area contributed by atoms with Crippen LogP contribution in [-0.2, 0) is 11.3 Å². The highest BCUT2D eigenvalue weighted by atomic mass is 19.2. The molecule has 2 heterocycles. The average Bonchev–Trinajstić information content (AvgIpc) is 2.60. The van der Waals surface area contributed by atoms with Gasteiger partial charge in [-0.2, -0.15) is 0 Å². The van der Waals surface area contributed by atoms with Crippen LogP contribution in [0.25, 0.3) is 0 Å². The van der Waals surface area contributed by atoms with Gasteiger partial charge in [-0.25, -0.2) is 8.78 Å². The molecule has 2 fully saturated rings. The molecule has 2 saturated heterocycles. The molecular weight excluding hydrogens is 298 g/mol. The highest BCUT2D eigenvalue weighted by Gasteiger charge is 2.38. The molecule has 1 aromatic carbocycles. The highest BCUT2D eigenvalue weighted by molar-refractivity contribution is 5.17. The minimum Gasteiger partial charge on any atom is -0.381 e. The first-order valence-electron chi connectivity index (χ1n) is 8.67. The maximum Gasteiger partial charge on any atom is 0.159 e. The summed E-state index contributed by atoms with van der Waals surface area (Å²) in [6.07, 6.45) is 5.94.